The van der Waals surface area contributed by atoms with Crippen LogP contribution in [0.15, 0.2) is 29.1 Å². The molecule has 0 spiro atoms. The summed E-state index contributed by atoms with van der Waals surface area (Å²) in [5.74, 6) is -3.95. The number of nitrogens with one attached hydrogen (secondary N) is 3. The van der Waals surface area contributed by atoms with Crippen LogP contribution in [0.25, 0.3) is 11.8 Å². The lowest BCUT2D eigenvalue weighted by Crippen LogP contribution is -2.45. The minimum atomic E-state index is -2.79. The number of hydrogen-bond donors (Lipinski definition) is 3. The van der Waals surface area contributed by atoms with Gasteiger partial charge in [-0.1, -0.05) is 6.07 Å². The Bertz CT molecular complexity index is 1440. The highest BCUT2D eigenvalue weighted by atomic mass is 32.1. The van der Waals surface area contributed by atoms with E-state index in [-0.39, 0.29) is 40.8 Å². The SMILES string of the molecule is CCn1c(=C(C#N)C(=O)NCC#N)sc(=CNc2cccc(NC(=O)CN3CCCC(F)(F)C3)c2)c1=O. The summed E-state index contributed by atoms with van der Waals surface area (Å²) in [5, 5.41) is 26.1. The molecule has 1 saturated heterocycles. The molecule has 0 saturated carbocycles. The van der Waals surface area contributed by atoms with E-state index in [2.05, 4.69) is 16.0 Å². The highest BCUT2D eigenvalue weighted by Gasteiger charge is 2.35. The van der Waals surface area contributed by atoms with Gasteiger partial charge in [0.2, 0.25) is 5.91 Å². The maximum Gasteiger partial charge on any atom is 0.270 e. The minimum Gasteiger partial charge on any atom is -0.360 e. The molecule has 194 valence electrons. The van der Waals surface area contributed by atoms with E-state index in [9.17, 15) is 28.4 Å². The van der Waals surface area contributed by atoms with Gasteiger partial charge in [-0.15, -0.1) is 11.3 Å². The Morgan fingerprint density at radius 2 is 2.03 bits per heavy atom. The number of thiazole rings is 1. The van der Waals surface area contributed by atoms with Crippen LogP contribution in [0.4, 0.5) is 20.2 Å². The molecule has 0 atom stereocenters. The van der Waals surface area contributed by atoms with Crippen molar-refractivity contribution in [3.8, 4) is 12.1 Å². The molecule has 1 aliphatic rings. The Hall–Kier alpha value is -4.07. The quantitative estimate of drug-likeness (QED) is 0.429. The molecule has 37 heavy (non-hydrogen) atoms. The van der Waals surface area contributed by atoms with Crippen LogP contribution in [0.2, 0.25) is 0 Å². The van der Waals surface area contributed by atoms with E-state index in [0.717, 1.165) is 11.3 Å². The average molecular weight is 530 g/mol. The molecule has 2 aromatic rings. The van der Waals surface area contributed by atoms with E-state index in [1.54, 1.807) is 43.3 Å². The summed E-state index contributed by atoms with van der Waals surface area (Å²) >= 11 is 0.951. The van der Waals surface area contributed by atoms with Crippen molar-refractivity contribution in [1.29, 1.82) is 10.5 Å². The number of piperidine rings is 1. The standard InChI is InChI=1S/C24H25F2N7O3S/c1-2-33-22(36)19(37-23(33)18(12-28)21(35)29-9-8-27)13-30-16-5-3-6-17(11-16)31-20(34)14-32-10-4-7-24(25,26)15-32/h3,5-6,11,13,30H,2,4,7,9-10,14-15H2,1H3,(H,29,35)(H,31,34). The summed E-state index contributed by atoms with van der Waals surface area (Å²) in [6, 6.07) is 10.2. The van der Waals surface area contributed by atoms with Crippen LogP contribution < -0.4 is 30.7 Å². The first-order valence-corrected chi connectivity index (χ1v) is 12.2. The van der Waals surface area contributed by atoms with Gasteiger partial charge in [0.05, 0.1) is 19.2 Å². The number of likely N-dealkylation sites (tertiary alicyclic amines) is 1. The van der Waals surface area contributed by atoms with Gasteiger partial charge in [0, 0.05) is 30.5 Å². The molecular weight excluding hydrogens is 504 g/mol. The van der Waals surface area contributed by atoms with Crippen molar-refractivity contribution in [3.63, 3.8) is 0 Å². The van der Waals surface area contributed by atoms with E-state index >= 15 is 0 Å². The molecule has 3 rings (SSSR count). The molecule has 2 heterocycles. The third-order valence-corrected chi connectivity index (χ3v) is 6.59. The Morgan fingerprint density at radius 3 is 2.70 bits per heavy atom. The molecule has 1 fully saturated rings. The van der Waals surface area contributed by atoms with Crippen molar-refractivity contribution in [2.45, 2.75) is 32.2 Å². The number of benzene rings is 1. The second-order valence-corrected chi connectivity index (χ2v) is 9.27. The number of carbonyl (C=O) groups is 2. The zero-order valence-electron chi connectivity index (χ0n) is 20.0. The van der Waals surface area contributed by atoms with Crippen LogP contribution in [-0.4, -0.2) is 53.4 Å². The van der Waals surface area contributed by atoms with Crippen LogP contribution in [0, 0.1) is 22.7 Å². The van der Waals surface area contributed by atoms with Gasteiger partial charge in [-0.05, 0) is 38.1 Å². The van der Waals surface area contributed by atoms with Gasteiger partial charge in [-0.3, -0.25) is 23.9 Å². The first kappa shape index (κ1) is 27.5. The van der Waals surface area contributed by atoms with Gasteiger partial charge in [-0.2, -0.15) is 10.5 Å². The Morgan fingerprint density at radius 1 is 1.27 bits per heavy atom. The Labute approximate surface area is 215 Å². The van der Waals surface area contributed by atoms with Gasteiger partial charge in [0.1, 0.15) is 21.8 Å². The molecule has 2 amide bonds. The first-order chi connectivity index (χ1) is 17.7. The van der Waals surface area contributed by atoms with E-state index in [1.807, 2.05) is 0 Å². The molecule has 0 aliphatic carbocycles. The third kappa shape index (κ3) is 7.22. The smallest absolute Gasteiger partial charge is 0.270 e. The molecule has 1 aromatic heterocycles. The lowest BCUT2D eigenvalue weighted by atomic mass is 10.1. The molecular formula is C24H25F2N7O3S. The monoisotopic (exact) mass is 529 g/mol. The number of hydrogen-bond acceptors (Lipinski definition) is 8. The Balaban J connectivity index is 1.78. The lowest BCUT2D eigenvalue weighted by molar-refractivity contribution is -0.120. The number of nitrogens with zero attached hydrogens (tertiary/aromatic N) is 4. The predicted molar refractivity (Wildman–Crippen MR) is 135 cm³/mol. The van der Waals surface area contributed by atoms with Crippen molar-refractivity contribution < 1.29 is 18.4 Å². The number of alkyl halides is 2. The van der Waals surface area contributed by atoms with Crippen molar-refractivity contribution in [1.82, 2.24) is 14.8 Å². The molecule has 0 bridgehead atoms. The molecule has 3 N–H and O–H groups in total. The number of nitriles is 2. The zero-order valence-corrected chi connectivity index (χ0v) is 20.8. The van der Waals surface area contributed by atoms with Gasteiger partial charge in [0.15, 0.2) is 5.57 Å². The molecule has 0 radical (unpaired) electrons. The van der Waals surface area contributed by atoms with E-state index in [4.69, 9.17) is 5.26 Å². The van der Waals surface area contributed by atoms with Crippen LogP contribution in [0.1, 0.15) is 19.8 Å². The summed E-state index contributed by atoms with van der Waals surface area (Å²) in [4.78, 5) is 38.9. The third-order valence-electron chi connectivity index (χ3n) is 5.46. The predicted octanol–water partition coefficient (Wildman–Crippen LogP) is 0.763. The fraction of sp³-hybridized carbons (Fsp3) is 0.375. The maximum atomic E-state index is 13.6. The van der Waals surface area contributed by atoms with Crippen molar-refractivity contribution in [2.24, 2.45) is 0 Å². The second-order valence-electron chi connectivity index (χ2n) is 8.24. The molecule has 10 nitrogen and oxygen atoms in total. The zero-order chi connectivity index (χ0) is 27.0. The summed E-state index contributed by atoms with van der Waals surface area (Å²) in [5.41, 5.74) is 0.309. The molecule has 0 unspecified atom stereocenters. The topological polar surface area (TPSA) is 143 Å². The molecule has 13 heteroatoms. The molecule has 1 aromatic carbocycles. The van der Waals surface area contributed by atoms with E-state index in [0.29, 0.717) is 24.3 Å². The number of anilines is 2. The minimum absolute atomic E-state index is 0.145. The van der Waals surface area contributed by atoms with Gasteiger partial charge >= 0.3 is 0 Å². The van der Waals surface area contributed by atoms with Gasteiger partial charge < -0.3 is 16.0 Å². The summed E-state index contributed by atoms with van der Waals surface area (Å²) in [6.45, 7) is 1.49. The van der Waals surface area contributed by atoms with Crippen molar-refractivity contribution >= 4 is 46.3 Å². The molecule has 1 aliphatic heterocycles. The van der Waals surface area contributed by atoms with Crippen LogP contribution in [0.5, 0.6) is 0 Å². The number of halogens is 2. The number of amides is 2. The van der Waals surface area contributed by atoms with Crippen LogP contribution in [-0.2, 0) is 16.1 Å². The van der Waals surface area contributed by atoms with E-state index in [1.165, 1.54) is 15.7 Å². The maximum absolute atomic E-state index is 13.6. The summed E-state index contributed by atoms with van der Waals surface area (Å²) in [6.07, 6.45) is 1.59. The van der Waals surface area contributed by atoms with Crippen molar-refractivity contribution in [3.05, 3.63) is 43.8 Å². The van der Waals surface area contributed by atoms with Crippen molar-refractivity contribution in [2.75, 3.05) is 36.8 Å². The second kappa shape index (κ2) is 12.3. The summed E-state index contributed by atoms with van der Waals surface area (Å²) < 4.78 is 28.9. The van der Waals surface area contributed by atoms with Gasteiger partial charge in [-0.25, -0.2) is 8.78 Å². The van der Waals surface area contributed by atoms with Crippen LogP contribution in [0.3, 0.4) is 0 Å². The normalized spacial score (nSPS) is 16.3. The summed E-state index contributed by atoms with van der Waals surface area (Å²) in [7, 11) is 0. The largest absolute Gasteiger partial charge is 0.360 e. The van der Waals surface area contributed by atoms with Crippen LogP contribution >= 0.6 is 11.3 Å². The fourth-order valence-corrected chi connectivity index (χ4v) is 4.90. The number of rotatable bonds is 8. The Kier molecular flexibility index (Phi) is 9.11. The average Bonchev–Trinajstić information content (AvgIpc) is 3.16. The highest BCUT2D eigenvalue weighted by Crippen LogP contribution is 2.26. The number of carbonyl (C=O) groups excluding carboxylic acids is 2. The fourth-order valence-electron chi connectivity index (χ4n) is 3.82. The number of aromatic nitrogens is 1. The highest BCUT2D eigenvalue weighted by molar-refractivity contribution is 7.07. The first-order valence-electron chi connectivity index (χ1n) is 11.4. The van der Waals surface area contributed by atoms with E-state index < -0.39 is 29.8 Å². The van der Waals surface area contributed by atoms with Gasteiger partial charge in [0.25, 0.3) is 17.4 Å². The lowest BCUT2D eigenvalue weighted by Gasteiger charge is -2.31.